The lowest BCUT2D eigenvalue weighted by Crippen LogP contribution is -2.42. The van der Waals surface area contributed by atoms with Crippen molar-refractivity contribution in [1.82, 2.24) is 9.13 Å². The van der Waals surface area contributed by atoms with E-state index < -0.39 is 0 Å². The van der Waals surface area contributed by atoms with Gasteiger partial charge in [0.05, 0.1) is 11.3 Å². The predicted molar refractivity (Wildman–Crippen MR) is 100 cm³/mol. The summed E-state index contributed by atoms with van der Waals surface area (Å²) in [5, 5.41) is 3.23. The molecule has 1 unspecified atom stereocenters. The van der Waals surface area contributed by atoms with Gasteiger partial charge in [-0.15, -0.1) is 0 Å². The van der Waals surface area contributed by atoms with Gasteiger partial charge in [-0.05, 0) is 12.3 Å². The smallest absolute Gasteiger partial charge is 0.332 e. The van der Waals surface area contributed by atoms with Crippen LogP contribution in [0.1, 0.15) is 47.7 Å². The van der Waals surface area contributed by atoms with Crippen LogP contribution in [0.15, 0.2) is 39.4 Å². The summed E-state index contributed by atoms with van der Waals surface area (Å²) >= 11 is 0. The molecule has 2 heterocycles. The molecule has 6 nitrogen and oxygen atoms in total. The van der Waals surface area contributed by atoms with E-state index in [0.717, 1.165) is 15.8 Å². The van der Waals surface area contributed by atoms with Crippen molar-refractivity contribution in [3.8, 4) is 0 Å². The third-order valence-electron chi connectivity index (χ3n) is 5.30. The fraction of sp³-hybridized carbons (Fsp3) is 0.350. The van der Waals surface area contributed by atoms with Crippen LogP contribution in [0.4, 0.5) is 5.82 Å². The molecular formula is C20H21N3O3. The van der Waals surface area contributed by atoms with Gasteiger partial charge < -0.3 is 5.32 Å². The Balaban J connectivity index is 2.05. The molecule has 0 radical (unpaired) electrons. The van der Waals surface area contributed by atoms with Crippen molar-refractivity contribution < 1.29 is 4.79 Å². The first-order valence-electron chi connectivity index (χ1n) is 8.78. The van der Waals surface area contributed by atoms with Crippen molar-refractivity contribution in [3.63, 3.8) is 0 Å². The molecule has 0 fully saturated rings. The minimum absolute atomic E-state index is 0.0321. The van der Waals surface area contributed by atoms with Gasteiger partial charge >= 0.3 is 5.69 Å². The van der Waals surface area contributed by atoms with Crippen LogP contribution < -0.4 is 16.6 Å². The van der Waals surface area contributed by atoms with Gasteiger partial charge in [0.15, 0.2) is 5.78 Å². The van der Waals surface area contributed by atoms with E-state index >= 15 is 0 Å². The summed E-state index contributed by atoms with van der Waals surface area (Å²) in [4.78, 5) is 38.4. The summed E-state index contributed by atoms with van der Waals surface area (Å²) in [6.45, 7) is 4.14. The SMILES string of the molecule is CC(C)CC1C2=C(Nc3c1c(=O)n(C)c(=O)n3C)c1ccccc1C2=O. The summed E-state index contributed by atoms with van der Waals surface area (Å²) in [5.74, 6) is 0.423. The van der Waals surface area contributed by atoms with E-state index in [0.29, 0.717) is 28.9 Å². The molecule has 1 aliphatic carbocycles. The van der Waals surface area contributed by atoms with Gasteiger partial charge in [-0.3, -0.25) is 18.7 Å². The number of hydrogen-bond acceptors (Lipinski definition) is 4. The Bertz CT molecular complexity index is 1100. The topological polar surface area (TPSA) is 73.1 Å². The van der Waals surface area contributed by atoms with Gasteiger partial charge in [0, 0.05) is 36.7 Å². The van der Waals surface area contributed by atoms with Crippen LogP contribution in [0.2, 0.25) is 0 Å². The van der Waals surface area contributed by atoms with Crippen molar-refractivity contribution in [2.24, 2.45) is 20.0 Å². The van der Waals surface area contributed by atoms with Crippen molar-refractivity contribution in [1.29, 1.82) is 0 Å². The number of carbonyl (C=O) groups is 1. The van der Waals surface area contributed by atoms with E-state index in [2.05, 4.69) is 19.2 Å². The third kappa shape index (κ3) is 2.08. The molecule has 1 aromatic carbocycles. The average Bonchev–Trinajstić information content (AvgIpc) is 2.90. The maximum Gasteiger partial charge on any atom is 0.332 e. The van der Waals surface area contributed by atoms with Crippen LogP contribution in [-0.4, -0.2) is 14.9 Å². The zero-order chi connectivity index (χ0) is 18.7. The highest BCUT2D eigenvalue weighted by atomic mass is 16.2. The molecular weight excluding hydrogens is 330 g/mol. The average molecular weight is 351 g/mol. The molecule has 4 rings (SSSR count). The second-order valence-corrected chi connectivity index (χ2v) is 7.44. The molecule has 6 heteroatoms. The molecule has 1 atom stereocenters. The first-order valence-corrected chi connectivity index (χ1v) is 8.78. The standard InChI is InChI=1S/C20H21N3O3/c1-10(2)9-13-14-16(11-7-5-6-8-12(11)17(14)24)21-18-15(13)19(25)23(4)20(26)22(18)3/h5-8,10,13,21H,9H2,1-4H3. The Labute approximate surface area is 150 Å². The number of ketones is 1. The van der Waals surface area contributed by atoms with Crippen LogP contribution in [0.25, 0.3) is 5.70 Å². The van der Waals surface area contributed by atoms with Crippen molar-refractivity contribution in [3.05, 3.63) is 67.4 Å². The maximum atomic E-state index is 13.1. The molecule has 0 amide bonds. The van der Waals surface area contributed by atoms with Gasteiger partial charge in [-0.25, -0.2) is 4.79 Å². The highest BCUT2D eigenvalue weighted by Gasteiger charge is 2.41. The number of benzene rings is 1. The second kappa shape index (κ2) is 5.56. The number of hydrogen-bond donors (Lipinski definition) is 1. The second-order valence-electron chi connectivity index (χ2n) is 7.44. The summed E-state index contributed by atoms with van der Waals surface area (Å²) in [5.41, 5.74) is 2.63. The summed E-state index contributed by atoms with van der Waals surface area (Å²) in [6.07, 6.45) is 0.667. The first kappa shape index (κ1) is 16.6. The molecule has 1 aromatic heterocycles. The number of Topliss-reactive ketones (excluding diaryl/α,β-unsaturated/α-hetero) is 1. The largest absolute Gasteiger partial charge is 0.340 e. The fourth-order valence-electron chi connectivity index (χ4n) is 4.08. The fourth-order valence-corrected chi connectivity index (χ4v) is 4.08. The molecule has 0 spiro atoms. The monoisotopic (exact) mass is 351 g/mol. The minimum Gasteiger partial charge on any atom is -0.340 e. The van der Waals surface area contributed by atoms with E-state index in [4.69, 9.17) is 0 Å². The van der Waals surface area contributed by atoms with E-state index in [-0.39, 0.29) is 28.9 Å². The van der Waals surface area contributed by atoms with Crippen LogP contribution in [0, 0.1) is 5.92 Å². The lowest BCUT2D eigenvalue weighted by Gasteiger charge is -2.30. The number of anilines is 1. The summed E-state index contributed by atoms with van der Waals surface area (Å²) in [7, 11) is 3.13. The summed E-state index contributed by atoms with van der Waals surface area (Å²) < 4.78 is 2.57. The number of nitrogens with one attached hydrogen (secondary N) is 1. The van der Waals surface area contributed by atoms with E-state index in [1.807, 2.05) is 24.3 Å². The number of nitrogens with zero attached hydrogens (tertiary/aromatic N) is 2. The van der Waals surface area contributed by atoms with Crippen molar-refractivity contribution in [2.75, 3.05) is 5.32 Å². The molecule has 0 bridgehead atoms. The van der Waals surface area contributed by atoms with Crippen LogP contribution in [0.5, 0.6) is 0 Å². The van der Waals surface area contributed by atoms with Gasteiger partial charge in [0.25, 0.3) is 5.56 Å². The highest BCUT2D eigenvalue weighted by Crippen LogP contribution is 2.47. The quantitative estimate of drug-likeness (QED) is 0.901. The zero-order valence-corrected chi connectivity index (χ0v) is 15.3. The molecule has 1 N–H and O–H groups in total. The number of aromatic nitrogens is 2. The van der Waals surface area contributed by atoms with Crippen LogP contribution in [0.3, 0.4) is 0 Å². The predicted octanol–water partition coefficient (Wildman–Crippen LogP) is 2.25. The Morgan fingerprint density at radius 3 is 2.35 bits per heavy atom. The van der Waals surface area contributed by atoms with Gasteiger partial charge in [0.2, 0.25) is 0 Å². The molecule has 26 heavy (non-hydrogen) atoms. The Kier molecular flexibility index (Phi) is 3.54. The number of carbonyl (C=O) groups excluding carboxylic acids is 1. The Morgan fingerprint density at radius 1 is 1.04 bits per heavy atom. The molecule has 134 valence electrons. The molecule has 0 saturated heterocycles. The minimum atomic E-state index is -0.383. The molecule has 0 saturated carbocycles. The van der Waals surface area contributed by atoms with Gasteiger partial charge in [-0.2, -0.15) is 0 Å². The molecule has 1 aliphatic heterocycles. The lowest BCUT2D eigenvalue weighted by atomic mass is 9.81. The third-order valence-corrected chi connectivity index (χ3v) is 5.30. The van der Waals surface area contributed by atoms with Crippen molar-refractivity contribution >= 4 is 17.3 Å². The highest BCUT2D eigenvalue weighted by molar-refractivity contribution is 6.23. The first-order chi connectivity index (χ1) is 12.3. The molecule has 2 aliphatic rings. The van der Waals surface area contributed by atoms with Crippen molar-refractivity contribution in [2.45, 2.75) is 26.2 Å². The van der Waals surface area contributed by atoms with Gasteiger partial charge in [0.1, 0.15) is 5.82 Å². The molecule has 2 aromatic rings. The van der Waals surface area contributed by atoms with Crippen LogP contribution in [-0.2, 0) is 14.1 Å². The van der Waals surface area contributed by atoms with Crippen LogP contribution >= 0.6 is 0 Å². The lowest BCUT2D eigenvalue weighted by molar-refractivity contribution is 0.103. The normalized spacial score (nSPS) is 17.9. The zero-order valence-electron chi connectivity index (χ0n) is 15.3. The Morgan fingerprint density at radius 2 is 1.69 bits per heavy atom. The number of fused-ring (bicyclic) bond motifs is 3. The Hall–Kier alpha value is -2.89. The van der Waals surface area contributed by atoms with E-state index in [1.54, 1.807) is 7.05 Å². The van der Waals surface area contributed by atoms with E-state index in [9.17, 15) is 14.4 Å². The van der Waals surface area contributed by atoms with E-state index in [1.165, 1.54) is 11.6 Å². The summed E-state index contributed by atoms with van der Waals surface area (Å²) in [6, 6.07) is 7.44. The number of rotatable bonds is 2. The number of allylic oxidation sites excluding steroid dienone is 1. The maximum absolute atomic E-state index is 13.1. The van der Waals surface area contributed by atoms with Gasteiger partial charge in [-0.1, -0.05) is 38.1 Å².